The first kappa shape index (κ1) is 24.7. The fourth-order valence-corrected chi connectivity index (χ4v) is 5.05. The maximum Gasteiger partial charge on any atom is 0.407 e. The van der Waals surface area contributed by atoms with Gasteiger partial charge in [0, 0.05) is 48.7 Å². The van der Waals surface area contributed by atoms with Crippen LogP contribution in [0.25, 0.3) is 33.2 Å². The summed E-state index contributed by atoms with van der Waals surface area (Å²) in [4.78, 5) is 34.5. The highest BCUT2D eigenvalue weighted by atomic mass is 16.6. The van der Waals surface area contributed by atoms with Crippen molar-refractivity contribution in [2.45, 2.75) is 71.1 Å². The molecule has 194 valence electrons. The lowest BCUT2D eigenvalue weighted by atomic mass is 9.91. The Morgan fingerprint density at radius 2 is 1.95 bits per heavy atom. The Hall–Kier alpha value is -3.95. The summed E-state index contributed by atoms with van der Waals surface area (Å²) >= 11 is 0. The average molecular weight is 505 g/mol. The number of amides is 1. The highest BCUT2D eigenvalue weighted by Gasteiger charge is 2.26. The van der Waals surface area contributed by atoms with E-state index in [-0.39, 0.29) is 23.4 Å². The zero-order chi connectivity index (χ0) is 26.5. The summed E-state index contributed by atoms with van der Waals surface area (Å²) in [5.74, 6) is 0.431. The number of phenols is 1. The minimum atomic E-state index is -0.537. The lowest BCUT2D eigenvalue weighted by Crippen LogP contribution is -2.41. The standard InChI is InChI=1S/C27H32N6O4/c1-15-22-16(14-32(5)31-22)12-19(23(15)34)24-28-13-20-21(30-24)10-11-33(25(20)35)18-8-6-17(7-9-18)29-26(36)37-27(2,3)4/h10-14,17-18,34H,6-9H2,1-5H3,(H,29,36). The van der Waals surface area contributed by atoms with Crippen LogP contribution in [0.4, 0.5) is 4.79 Å². The van der Waals surface area contributed by atoms with E-state index in [1.54, 1.807) is 15.4 Å². The second-order valence-corrected chi connectivity index (χ2v) is 10.8. The topological polar surface area (TPSA) is 124 Å². The third-order valence-electron chi connectivity index (χ3n) is 6.85. The molecule has 1 saturated carbocycles. The fraction of sp³-hybridized carbons (Fsp3) is 0.444. The van der Waals surface area contributed by atoms with Crippen LogP contribution in [0.15, 0.2) is 35.5 Å². The number of hydrogen-bond acceptors (Lipinski definition) is 7. The SMILES string of the molecule is Cc1c(O)c(-c2ncc3c(=O)n(C4CCC(NC(=O)OC(C)(C)C)CC4)ccc3n2)cc2cn(C)nc12. The molecule has 0 aliphatic heterocycles. The highest BCUT2D eigenvalue weighted by Crippen LogP contribution is 2.35. The number of phenolic OH excluding ortho intramolecular Hbond substituents is 1. The first-order valence-corrected chi connectivity index (χ1v) is 12.5. The van der Waals surface area contributed by atoms with Crippen molar-refractivity contribution in [1.82, 2.24) is 29.6 Å². The number of ether oxygens (including phenoxy) is 1. The highest BCUT2D eigenvalue weighted by molar-refractivity contribution is 5.90. The zero-order valence-electron chi connectivity index (χ0n) is 21.8. The maximum atomic E-state index is 13.3. The molecule has 3 aromatic heterocycles. The Morgan fingerprint density at radius 3 is 2.65 bits per heavy atom. The Morgan fingerprint density at radius 1 is 1.22 bits per heavy atom. The molecule has 0 saturated heterocycles. The van der Waals surface area contributed by atoms with Crippen molar-refractivity contribution in [3.8, 4) is 17.1 Å². The summed E-state index contributed by atoms with van der Waals surface area (Å²) in [6, 6.07) is 3.70. The molecule has 1 amide bonds. The molecule has 10 nitrogen and oxygen atoms in total. The van der Waals surface area contributed by atoms with E-state index in [4.69, 9.17) is 4.74 Å². The van der Waals surface area contributed by atoms with Crippen molar-refractivity contribution >= 4 is 27.9 Å². The van der Waals surface area contributed by atoms with E-state index in [9.17, 15) is 14.7 Å². The third-order valence-corrected chi connectivity index (χ3v) is 6.85. The van der Waals surface area contributed by atoms with Gasteiger partial charge in [0.25, 0.3) is 5.56 Å². The van der Waals surface area contributed by atoms with Crippen molar-refractivity contribution < 1.29 is 14.6 Å². The van der Waals surface area contributed by atoms with Crippen molar-refractivity contribution in [2.75, 3.05) is 0 Å². The van der Waals surface area contributed by atoms with E-state index in [0.29, 0.717) is 27.9 Å². The van der Waals surface area contributed by atoms with Crippen molar-refractivity contribution in [1.29, 1.82) is 0 Å². The van der Waals surface area contributed by atoms with Gasteiger partial charge in [0.1, 0.15) is 11.4 Å². The van der Waals surface area contributed by atoms with E-state index in [1.165, 1.54) is 6.20 Å². The Kier molecular flexibility index (Phi) is 6.13. The summed E-state index contributed by atoms with van der Waals surface area (Å²) in [5, 5.41) is 19.5. The quantitative estimate of drug-likeness (QED) is 0.425. The average Bonchev–Trinajstić information content (AvgIpc) is 3.21. The summed E-state index contributed by atoms with van der Waals surface area (Å²) in [5.41, 5.74) is 1.72. The van der Waals surface area contributed by atoms with Gasteiger partial charge in [0.05, 0.1) is 22.0 Å². The van der Waals surface area contributed by atoms with E-state index in [2.05, 4.69) is 20.4 Å². The number of hydrogen-bond donors (Lipinski definition) is 2. The van der Waals surface area contributed by atoms with Crippen molar-refractivity contribution in [3.05, 3.63) is 46.6 Å². The number of carbonyl (C=O) groups excluding carboxylic acids is 1. The Labute approximate surface area is 214 Å². The molecule has 0 spiro atoms. The minimum Gasteiger partial charge on any atom is -0.507 e. The van der Waals surface area contributed by atoms with Gasteiger partial charge in [-0.15, -0.1) is 0 Å². The van der Waals surface area contributed by atoms with Gasteiger partial charge in [-0.2, -0.15) is 5.10 Å². The summed E-state index contributed by atoms with van der Waals surface area (Å²) < 4.78 is 8.81. The predicted octanol–water partition coefficient (Wildman–Crippen LogP) is 4.37. The predicted molar refractivity (Wildman–Crippen MR) is 141 cm³/mol. The number of carbonyl (C=O) groups is 1. The molecule has 3 heterocycles. The van der Waals surface area contributed by atoms with Crippen LogP contribution >= 0.6 is 0 Å². The molecule has 0 radical (unpaired) electrons. The van der Waals surface area contributed by atoms with Gasteiger partial charge in [-0.3, -0.25) is 9.48 Å². The molecule has 1 aliphatic carbocycles. The molecule has 2 N–H and O–H groups in total. The van der Waals surface area contributed by atoms with Gasteiger partial charge in [-0.05, 0) is 65.5 Å². The molecule has 0 bridgehead atoms. The van der Waals surface area contributed by atoms with E-state index >= 15 is 0 Å². The molecular formula is C27H32N6O4. The number of aromatic hydroxyl groups is 1. The van der Waals surface area contributed by atoms with Crippen LogP contribution in [0.2, 0.25) is 0 Å². The number of pyridine rings is 1. The minimum absolute atomic E-state index is 0.0291. The molecule has 0 atom stereocenters. The normalized spacial score (nSPS) is 18.3. The summed E-state index contributed by atoms with van der Waals surface area (Å²) in [6.45, 7) is 7.33. The summed E-state index contributed by atoms with van der Waals surface area (Å²) in [7, 11) is 1.83. The molecule has 37 heavy (non-hydrogen) atoms. The first-order chi connectivity index (χ1) is 17.5. The lowest BCUT2D eigenvalue weighted by Gasteiger charge is -2.31. The Bertz CT molecular complexity index is 1560. The first-order valence-electron chi connectivity index (χ1n) is 12.5. The monoisotopic (exact) mass is 504 g/mol. The molecule has 1 fully saturated rings. The van der Waals surface area contributed by atoms with Crippen molar-refractivity contribution in [3.63, 3.8) is 0 Å². The number of nitrogens with zero attached hydrogens (tertiary/aromatic N) is 5. The van der Waals surface area contributed by atoms with Gasteiger partial charge >= 0.3 is 6.09 Å². The van der Waals surface area contributed by atoms with Crippen LogP contribution in [0, 0.1) is 6.92 Å². The number of nitrogens with one attached hydrogen (secondary N) is 1. The molecule has 5 rings (SSSR count). The van der Waals surface area contributed by atoms with Gasteiger partial charge in [0.2, 0.25) is 0 Å². The third kappa shape index (κ3) is 4.87. The number of benzene rings is 1. The van der Waals surface area contributed by atoms with Crippen LogP contribution in [-0.2, 0) is 11.8 Å². The van der Waals surface area contributed by atoms with Gasteiger partial charge in [-0.25, -0.2) is 14.8 Å². The van der Waals surface area contributed by atoms with Gasteiger partial charge in [0.15, 0.2) is 5.82 Å². The van der Waals surface area contributed by atoms with Gasteiger partial charge < -0.3 is 19.7 Å². The van der Waals surface area contributed by atoms with E-state index < -0.39 is 11.7 Å². The van der Waals surface area contributed by atoms with Crippen molar-refractivity contribution in [2.24, 2.45) is 7.05 Å². The smallest absolute Gasteiger partial charge is 0.407 e. The largest absolute Gasteiger partial charge is 0.507 e. The number of alkyl carbamates (subject to hydrolysis) is 1. The van der Waals surface area contributed by atoms with Crippen LogP contribution in [0.1, 0.15) is 58.1 Å². The van der Waals surface area contributed by atoms with Crippen LogP contribution in [0.3, 0.4) is 0 Å². The van der Waals surface area contributed by atoms with Gasteiger partial charge in [-0.1, -0.05) is 0 Å². The van der Waals surface area contributed by atoms with E-state index in [1.807, 2.05) is 53.1 Å². The number of rotatable bonds is 3. The second kappa shape index (κ2) is 9.17. The van der Waals surface area contributed by atoms with Crippen LogP contribution in [-0.4, -0.2) is 47.2 Å². The molecule has 4 aromatic rings. The number of aryl methyl sites for hydroxylation is 2. The molecule has 10 heteroatoms. The summed E-state index contributed by atoms with van der Waals surface area (Å²) in [6.07, 6.45) is 7.85. The Balaban J connectivity index is 1.36. The zero-order valence-corrected chi connectivity index (χ0v) is 21.8. The molecular weight excluding hydrogens is 472 g/mol. The fourth-order valence-electron chi connectivity index (χ4n) is 5.05. The second-order valence-electron chi connectivity index (χ2n) is 10.8. The molecule has 1 aliphatic rings. The number of aromatic nitrogens is 5. The molecule has 1 aromatic carbocycles. The van der Waals surface area contributed by atoms with E-state index in [0.717, 1.165) is 36.6 Å². The molecule has 0 unspecified atom stereocenters. The maximum absolute atomic E-state index is 13.3. The lowest BCUT2D eigenvalue weighted by molar-refractivity contribution is 0.0488. The van der Waals surface area contributed by atoms with Crippen LogP contribution in [0.5, 0.6) is 5.75 Å². The van der Waals surface area contributed by atoms with Crippen LogP contribution < -0.4 is 10.9 Å². The number of fused-ring (bicyclic) bond motifs is 2.